The predicted molar refractivity (Wildman–Crippen MR) is 132 cm³/mol. The maximum atomic E-state index is 13.7. The van der Waals surface area contributed by atoms with Crippen molar-refractivity contribution >= 4 is 28.9 Å². The van der Waals surface area contributed by atoms with Gasteiger partial charge in [0, 0.05) is 57.5 Å². The molecule has 0 bridgehead atoms. The van der Waals surface area contributed by atoms with Gasteiger partial charge in [-0.25, -0.2) is 5.01 Å². The van der Waals surface area contributed by atoms with Gasteiger partial charge in [-0.15, -0.1) is 11.3 Å². The molecule has 2 fully saturated rings. The molecule has 2 aliphatic heterocycles. The Morgan fingerprint density at radius 3 is 2.68 bits per heavy atom. The van der Waals surface area contributed by atoms with E-state index in [2.05, 4.69) is 4.90 Å². The van der Waals surface area contributed by atoms with Gasteiger partial charge in [-0.2, -0.15) is 5.10 Å². The average molecular weight is 484 g/mol. The van der Waals surface area contributed by atoms with E-state index in [1.807, 2.05) is 47.5 Å². The fourth-order valence-electron chi connectivity index (χ4n) is 4.89. The molecule has 2 aromatic rings. The summed E-state index contributed by atoms with van der Waals surface area (Å²) in [6.45, 7) is 4.59. The fraction of sp³-hybridized carbons (Fsp3) is 0.560. The van der Waals surface area contributed by atoms with E-state index in [1.54, 1.807) is 21.2 Å². The zero-order valence-corrected chi connectivity index (χ0v) is 20.6. The van der Waals surface area contributed by atoms with Gasteiger partial charge in [0.25, 0.3) is 5.91 Å². The van der Waals surface area contributed by atoms with Gasteiger partial charge in [0.1, 0.15) is 12.6 Å². The molecule has 2 amide bonds. The van der Waals surface area contributed by atoms with Crippen LogP contribution in [0.2, 0.25) is 0 Å². The molecular formula is C25H33N5O3S. The second kappa shape index (κ2) is 10.4. The van der Waals surface area contributed by atoms with Crippen LogP contribution in [0.1, 0.15) is 42.3 Å². The van der Waals surface area contributed by atoms with Gasteiger partial charge >= 0.3 is 0 Å². The molecule has 8 nitrogen and oxygen atoms in total. The van der Waals surface area contributed by atoms with Crippen molar-refractivity contribution < 1.29 is 14.3 Å². The Kier molecular flexibility index (Phi) is 7.12. The standard InChI is InChI=1S/C25H33N5O3S/c1-27-9-3-7-21(27)22-17-20(23-8-4-16-34-23)26-30(22)24(31)18-29(25(32)19-5-2-6-19)11-10-28-12-14-33-15-13-28/h3-4,7-9,16,19,22H,2,5-6,10-15,17-18H2,1H3/t22-/m1/s1. The molecule has 0 aromatic carbocycles. The third kappa shape index (κ3) is 4.96. The summed E-state index contributed by atoms with van der Waals surface area (Å²) in [5.41, 5.74) is 1.98. The van der Waals surface area contributed by atoms with Crippen molar-refractivity contribution in [3.05, 3.63) is 46.4 Å². The summed E-state index contributed by atoms with van der Waals surface area (Å²) in [5, 5.41) is 8.44. The Balaban J connectivity index is 1.34. The first-order valence-electron chi connectivity index (χ1n) is 12.2. The Labute approximate surface area is 204 Å². The molecular weight excluding hydrogens is 450 g/mol. The molecule has 182 valence electrons. The highest BCUT2D eigenvalue weighted by molar-refractivity contribution is 7.12. The number of carbonyl (C=O) groups excluding carboxylic acids is 2. The van der Waals surface area contributed by atoms with E-state index in [9.17, 15) is 9.59 Å². The lowest BCUT2D eigenvalue weighted by Crippen LogP contribution is -2.49. The van der Waals surface area contributed by atoms with Crippen LogP contribution in [-0.4, -0.2) is 82.8 Å². The van der Waals surface area contributed by atoms with Gasteiger partial charge in [0.15, 0.2) is 0 Å². The molecule has 9 heteroatoms. The number of thiophene rings is 1. The van der Waals surface area contributed by atoms with Crippen LogP contribution in [-0.2, 0) is 21.4 Å². The van der Waals surface area contributed by atoms with Crippen LogP contribution >= 0.6 is 11.3 Å². The zero-order chi connectivity index (χ0) is 23.5. The lowest BCUT2D eigenvalue weighted by Gasteiger charge is -2.34. The van der Waals surface area contributed by atoms with E-state index in [0.29, 0.717) is 13.0 Å². The number of nitrogens with zero attached hydrogens (tertiary/aromatic N) is 5. The number of carbonyl (C=O) groups is 2. The second-order valence-electron chi connectivity index (χ2n) is 9.37. The van der Waals surface area contributed by atoms with E-state index in [1.165, 1.54) is 0 Å². The molecule has 0 unspecified atom stereocenters. The van der Waals surface area contributed by atoms with Crippen molar-refractivity contribution in [3.8, 4) is 0 Å². The molecule has 1 saturated heterocycles. The molecule has 5 rings (SSSR count). The van der Waals surface area contributed by atoms with E-state index >= 15 is 0 Å². The lowest BCUT2D eigenvalue weighted by molar-refractivity contribution is -0.145. The number of amides is 2. The molecule has 1 saturated carbocycles. The summed E-state index contributed by atoms with van der Waals surface area (Å²) in [5.74, 6) is 0.0576. The molecule has 4 heterocycles. The number of ether oxygens (including phenoxy) is 1. The number of hydrogen-bond donors (Lipinski definition) is 0. The van der Waals surface area contributed by atoms with Gasteiger partial charge in [0.05, 0.1) is 23.8 Å². The summed E-state index contributed by atoms with van der Waals surface area (Å²) in [7, 11) is 2.00. The SMILES string of the molecule is Cn1cccc1[C@H]1CC(c2cccs2)=NN1C(=O)CN(CCN1CCOCC1)C(=O)C1CCC1. The first-order chi connectivity index (χ1) is 16.6. The van der Waals surface area contributed by atoms with Gasteiger partial charge in [-0.3, -0.25) is 14.5 Å². The van der Waals surface area contributed by atoms with Crippen LogP contribution in [0.25, 0.3) is 0 Å². The third-order valence-corrected chi connectivity index (χ3v) is 8.10. The van der Waals surface area contributed by atoms with Crippen LogP contribution in [0.15, 0.2) is 40.9 Å². The zero-order valence-electron chi connectivity index (χ0n) is 19.8. The number of hydrogen-bond acceptors (Lipinski definition) is 6. The molecule has 1 atom stereocenters. The van der Waals surface area contributed by atoms with Gasteiger partial charge in [-0.05, 0) is 36.4 Å². The molecule has 3 aliphatic rings. The van der Waals surface area contributed by atoms with Crippen molar-refractivity contribution in [2.24, 2.45) is 18.1 Å². The quantitative estimate of drug-likeness (QED) is 0.579. The van der Waals surface area contributed by atoms with Crippen molar-refractivity contribution in [1.29, 1.82) is 0 Å². The summed E-state index contributed by atoms with van der Waals surface area (Å²) in [6.07, 6.45) is 5.62. The Morgan fingerprint density at radius 2 is 2.03 bits per heavy atom. The molecule has 34 heavy (non-hydrogen) atoms. The Bertz CT molecular complexity index is 1020. The Morgan fingerprint density at radius 1 is 1.21 bits per heavy atom. The minimum absolute atomic E-state index is 0.0601. The molecule has 2 aromatic heterocycles. The van der Waals surface area contributed by atoms with Crippen LogP contribution in [0.4, 0.5) is 0 Å². The van der Waals surface area contributed by atoms with E-state index in [4.69, 9.17) is 9.84 Å². The topological polar surface area (TPSA) is 70.4 Å². The highest BCUT2D eigenvalue weighted by atomic mass is 32.1. The maximum Gasteiger partial charge on any atom is 0.262 e. The number of aryl methyl sites for hydroxylation is 1. The van der Waals surface area contributed by atoms with Crippen molar-refractivity contribution in [3.63, 3.8) is 0 Å². The van der Waals surface area contributed by atoms with Gasteiger partial charge in [0.2, 0.25) is 5.91 Å². The largest absolute Gasteiger partial charge is 0.379 e. The monoisotopic (exact) mass is 483 g/mol. The van der Waals surface area contributed by atoms with Crippen LogP contribution in [0.5, 0.6) is 0 Å². The maximum absolute atomic E-state index is 13.7. The third-order valence-electron chi connectivity index (χ3n) is 7.18. The van der Waals surface area contributed by atoms with Crippen molar-refractivity contribution in [2.45, 2.75) is 31.7 Å². The molecule has 1 aliphatic carbocycles. The van der Waals surface area contributed by atoms with Crippen molar-refractivity contribution in [2.75, 3.05) is 45.9 Å². The van der Waals surface area contributed by atoms with Crippen molar-refractivity contribution in [1.82, 2.24) is 19.4 Å². The van der Waals surface area contributed by atoms with E-state index in [0.717, 1.165) is 68.4 Å². The number of morpholine rings is 1. The predicted octanol–water partition coefficient (Wildman–Crippen LogP) is 2.73. The molecule has 0 spiro atoms. The fourth-order valence-corrected chi connectivity index (χ4v) is 5.61. The summed E-state index contributed by atoms with van der Waals surface area (Å²) >= 11 is 1.64. The number of aromatic nitrogens is 1. The average Bonchev–Trinajstić information content (AvgIpc) is 3.56. The van der Waals surface area contributed by atoms with E-state index < -0.39 is 0 Å². The van der Waals surface area contributed by atoms with Crippen LogP contribution in [0.3, 0.4) is 0 Å². The number of hydrazone groups is 1. The second-order valence-corrected chi connectivity index (χ2v) is 10.3. The highest BCUT2D eigenvalue weighted by Gasteiger charge is 2.37. The van der Waals surface area contributed by atoms with Gasteiger partial charge < -0.3 is 14.2 Å². The van der Waals surface area contributed by atoms with Crippen LogP contribution in [0, 0.1) is 5.92 Å². The summed E-state index contributed by atoms with van der Waals surface area (Å²) < 4.78 is 7.50. The smallest absolute Gasteiger partial charge is 0.262 e. The normalized spacial score (nSPS) is 21.4. The first kappa shape index (κ1) is 23.3. The summed E-state index contributed by atoms with van der Waals surface area (Å²) in [6, 6.07) is 7.94. The molecule has 0 radical (unpaired) electrons. The lowest BCUT2D eigenvalue weighted by atomic mass is 9.84. The minimum atomic E-state index is -0.163. The van der Waals surface area contributed by atoms with Crippen LogP contribution < -0.4 is 0 Å². The first-order valence-corrected chi connectivity index (χ1v) is 13.1. The number of rotatable bonds is 8. The summed E-state index contributed by atoms with van der Waals surface area (Å²) in [4.78, 5) is 32.1. The van der Waals surface area contributed by atoms with Gasteiger partial charge in [-0.1, -0.05) is 12.5 Å². The molecule has 0 N–H and O–H groups in total. The minimum Gasteiger partial charge on any atom is -0.379 e. The highest BCUT2D eigenvalue weighted by Crippen LogP contribution is 2.34. The Hall–Kier alpha value is -2.49. The van der Waals surface area contributed by atoms with E-state index in [-0.39, 0.29) is 30.3 Å².